The minimum atomic E-state index is -0.353. The molecule has 0 unspecified atom stereocenters. The Hall–Kier alpha value is -1.78. The normalized spacial score (nSPS) is 20.5. The topological polar surface area (TPSA) is 67.2 Å². The van der Waals surface area contributed by atoms with Gasteiger partial charge in [-0.15, -0.1) is 0 Å². The van der Waals surface area contributed by atoms with Crippen LogP contribution in [-0.4, -0.2) is 10.6 Å². The molecular formula is C12H15N3O2. The van der Waals surface area contributed by atoms with Gasteiger partial charge in [-0.1, -0.05) is 6.42 Å². The maximum absolute atomic E-state index is 10.7. The molecular weight excluding hydrogens is 218 g/mol. The highest BCUT2D eigenvalue weighted by molar-refractivity contribution is 5.78. The average molecular weight is 233 g/mol. The Bertz CT molecular complexity index is 467. The molecule has 1 aromatic rings. The maximum Gasteiger partial charge on any atom is 0.271 e. The number of fused-ring (bicyclic) bond motifs is 1. The minimum Gasteiger partial charge on any atom is -0.361 e. The van der Waals surface area contributed by atoms with E-state index in [9.17, 15) is 10.1 Å². The lowest BCUT2D eigenvalue weighted by Crippen LogP contribution is -2.43. The smallest absolute Gasteiger partial charge is 0.271 e. The van der Waals surface area contributed by atoms with Crippen LogP contribution in [0.4, 0.5) is 17.1 Å². The lowest BCUT2D eigenvalue weighted by atomic mass is 9.89. The van der Waals surface area contributed by atoms with Crippen LogP contribution in [0.5, 0.6) is 0 Å². The van der Waals surface area contributed by atoms with Crippen LogP contribution in [0.1, 0.15) is 32.1 Å². The van der Waals surface area contributed by atoms with Gasteiger partial charge in [0.25, 0.3) is 5.69 Å². The van der Waals surface area contributed by atoms with Gasteiger partial charge in [0.1, 0.15) is 5.66 Å². The number of nitro benzene ring substituents is 1. The van der Waals surface area contributed by atoms with Crippen LogP contribution in [0.2, 0.25) is 0 Å². The molecule has 5 nitrogen and oxygen atoms in total. The van der Waals surface area contributed by atoms with E-state index in [1.165, 1.54) is 19.3 Å². The molecule has 2 N–H and O–H groups in total. The fourth-order valence-corrected chi connectivity index (χ4v) is 2.81. The highest BCUT2D eigenvalue weighted by Crippen LogP contribution is 2.42. The summed E-state index contributed by atoms with van der Waals surface area (Å²) in [6.45, 7) is 0. The van der Waals surface area contributed by atoms with Crippen LogP contribution in [0.3, 0.4) is 0 Å². The molecule has 2 aliphatic rings. The summed E-state index contributed by atoms with van der Waals surface area (Å²) in [5.74, 6) is 0. The fraction of sp³-hybridized carbons (Fsp3) is 0.500. The van der Waals surface area contributed by atoms with Crippen LogP contribution in [0, 0.1) is 10.1 Å². The van der Waals surface area contributed by atoms with E-state index in [1.54, 1.807) is 18.2 Å². The summed E-state index contributed by atoms with van der Waals surface area (Å²) in [6.07, 6.45) is 5.85. The number of nitro groups is 1. The summed E-state index contributed by atoms with van der Waals surface area (Å²) in [6, 6.07) is 4.96. The van der Waals surface area contributed by atoms with Crippen LogP contribution in [-0.2, 0) is 0 Å². The molecule has 1 aliphatic heterocycles. The van der Waals surface area contributed by atoms with Gasteiger partial charge in [0.05, 0.1) is 16.3 Å². The second-order valence-corrected chi connectivity index (χ2v) is 4.88. The van der Waals surface area contributed by atoms with Gasteiger partial charge < -0.3 is 10.6 Å². The van der Waals surface area contributed by atoms with Crippen molar-refractivity contribution in [2.45, 2.75) is 37.8 Å². The number of non-ortho nitro benzene ring substituents is 1. The van der Waals surface area contributed by atoms with Gasteiger partial charge in [-0.2, -0.15) is 0 Å². The van der Waals surface area contributed by atoms with Crippen molar-refractivity contribution < 1.29 is 4.92 Å². The number of nitrogens with zero attached hydrogens (tertiary/aromatic N) is 1. The molecule has 1 spiro atoms. The summed E-state index contributed by atoms with van der Waals surface area (Å²) in [5, 5.41) is 17.6. The molecule has 1 fully saturated rings. The Morgan fingerprint density at radius 2 is 1.82 bits per heavy atom. The Morgan fingerprint density at radius 1 is 1.12 bits per heavy atom. The first-order chi connectivity index (χ1) is 8.19. The molecule has 5 heteroatoms. The summed E-state index contributed by atoms with van der Waals surface area (Å²) >= 11 is 0. The van der Waals surface area contributed by atoms with Crippen molar-refractivity contribution in [1.29, 1.82) is 0 Å². The first-order valence-electron chi connectivity index (χ1n) is 6.03. The van der Waals surface area contributed by atoms with Gasteiger partial charge in [-0.05, 0) is 31.7 Å². The first kappa shape index (κ1) is 10.4. The third-order valence-corrected chi connectivity index (χ3v) is 3.67. The van der Waals surface area contributed by atoms with Gasteiger partial charge in [0.2, 0.25) is 0 Å². The molecule has 0 atom stereocenters. The molecule has 0 saturated heterocycles. The highest BCUT2D eigenvalue weighted by atomic mass is 16.6. The molecule has 17 heavy (non-hydrogen) atoms. The van der Waals surface area contributed by atoms with Crippen LogP contribution in [0.15, 0.2) is 18.2 Å². The van der Waals surface area contributed by atoms with Crippen molar-refractivity contribution in [3.05, 3.63) is 28.3 Å². The number of anilines is 2. The predicted molar refractivity (Wildman–Crippen MR) is 66.2 cm³/mol. The van der Waals surface area contributed by atoms with Gasteiger partial charge in [-0.25, -0.2) is 0 Å². The molecule has 0 amide bonds. The maximum atomic E-state index is 10.7. The second kappa shape index (κ2) is 3.61. The number of rotatable bonds is 1. The SMILES string of the molecule is O=[N+]([O-])c1ccc2c(c1)NC1(CCCCC1)N2. The summed E-state index contributed by atoms with van der Waals surface area (Å²) in [5.41, 5.74) is 1.93. The van der Waals surface area contributed by atoms with Crippen molar-refractivity contribution in [2.24, 2.45) is 0 Å². The summed E-state index contributed by atoms with van der Waals surface area (Å²) in [7, 11) is 0. The molecule has 1 saturated carbocycles. The van der Waals surface area contributed by atoms with Gasteiger partial charge in [-0.3, -0.25) is 10.1 Å². The number of nitrogens with one attached hydrogen (secondary N) is 2. The van der Waals surface area contributed by atoms with E-state index in [-0.39, 0.29) is 16.3 Å². The van der Waals surface area contributed by atoms with Crippen molar-refractivity contribution in [1.82, 2.24) is 0 Å². The zero-order chi connectivity index (χ0) is 11.9. The molecule has 1 aromatic carbocycles. The van der Waals surface area contributed by atoms with Gasteiger partial charge >= 0.3 is 0 Å². The Kier molecular flexibility index (Phi) is 2.21. The average Bonchev–Trinajstić information content (AvgIpc) is 2.66. The molecule has 3 rings (SSSR count). The zero-order valence-corrected chi connectivity index (χ0v) is 9.53. The number of hydrogen-bond donors (Lipinski definition) is 2. The van der Waals surface area contributed by atoms with Crippen molar-refractivity contribution >= 4 is 17.1 Å². The van der Waals surface area contributed by atoms with Crippen LogP contribution >= 0.6 is 0 Å². The van der Waals surface area contributed by atoms with E-state index in [1.807, 2.05) is 0 Å². The molecule has 0 radical (unpaired) electrons. The minimum absolute atomic E-state index is 0.0597. The predicted octanol–water partition coefficient (Wildman–Crippen LogP) is 3.09. The van der Waals surface area contributed by atoms with Gasteiger partial charge in [0, 0.05) is 12.1 Å². The lowest BCUT2D eigenvalue weighted by Gasteiger charge is -2.34. The summed E-state index contributed by atoms with van der Waals surface area (Å²) < 4.78 is 0. The van der Waals surface area contributed by atoms with E-state index >= 15 is 0 Å². The van der Waals surface area contributed by atoms with E-state index in [0.29, 0.717) is 0 Å². The third-order valence-electron chi connectivity index (χ3n) is 3.67. The van der Waals surface area contributed by atoms with Crippen molar-refractivity contribution in [3.8, 4) is 0 Å². The lowest BCUT2D eigenvalue weighted by molar-refractivity contribution is -0.384. The van der Waals surface area contributed by atoms with E-state index < -0.39 is 0 Å². The zero-order valence-electron chi connectivity index (χ0n) is 9.53. The van der Waals surface area contributed by atoms with Crippen LogP contribution < -0.4 is 10.6 Å². The highest BCUT2D eigenvalue weighted by Gasteiger charge is 2.37. The largest absolute Gasteiger partial charge is 0.361 e. The van der Waals surface area contributed by atoms with E-state index in [0.717, 1.165) is 24.2 Å². The van der Waals surface area contributed by atoms with Gasteiger partial charge in [0.15, 0.2) is 0 Å². The molecule has 90 valence electrons. The van der Waals surface area contributed by atoms with Crippen molar-refractivity contribution in [2.75, 3.05) is 10.6 Å². The Balaban J connectivity index is 1.89. The quantitative estimate of drug-likeness (QED) is 0.577. The Labute approximate surface area is 99.4 Å². The second-order valence-electron chi connectivity index (χ2n) is 4.88. The van der Waals surface area contributed by atoms with Crippen LogP contribution in [0.25, 0.3) is 0 Å². The number of hydrogen-bond acceptors (Lipinski definition) is 4. The number of benzene rings is 1. The standard InChI is InChI=1S/C12H15N3O2/c16-15(17)9-4-5-10-11(8-9)14-12(13-10)6-2-1-3-7-12/h4-5,8,13-14H,1-3,6-7H2. The Morgan fingerprint density at radius 3 is 2.53 bits per heavy atom. The monoisotopic (exact) mass is 233 g/mol. The fourth-order valence-electron chi connectivity index (χ4n) is 2.81. The van der Waals surface area contributed by atoms with Crippen molar-refractivity contribution in [3.63, 3.8) is 0 Å². The van der Waals surface area contributed by atoms with E-state index in [2.05, 4.69) is 10.6 Å². The van der Waals surface area contributed by atoms with E-state index in [4.69, 9.17) is 0 Å². The summed E-state index contributed by atoms with van der Waals surface area (Å²) in [4.78, 5) is 10.4. The third kappa shape index (κ3) is 1.71. The molecule has 0 aromatic heterocycles. The molecule has 1 aliphatic carbocycles. The molecule has 1 heterocycles. The molecule has 0 bridgehead atoms. The first-order valence-corrected chi connectivity index (χ1v) is 6.03.